The Kier molecular flexibility index (Phi) is 5.35. The molecule has 2 heterocycles. The second-order valence-corrected chi connectivity index (χ2v) is 6.94. The predicted molar refractivity (Wildman–Crippen MR) is 98.0 cm³/mol. The van der Waals surface area contributed by atoms with Crippen molar-refractivity contribution in [2.45, 2.75) is 52.0 Å². The lowest BCUT2D eigenvalue weighted by molar-refractivity contribution is 0.0911. The lowest BCUT2D eigenvalue weighted by atomic mass is 9.84. The summed E-state index contributed by atoms with van der Waals surface area (Å²) in [6.45, 7) is 3.78. The molecule has 0 unspecified atom stereocenters. The van der Waals surface area contributed by atoms with E-state index in [1.165, 1.54) is 19.3 Å². The molecule has 1 aliphatic rings. The molecule has 26 heavy (non-hydrogen) atoms. The Bertz CT molecular complexity index is 856. The van der Waals surface area contributed by atoms with Crippen molar-refractivity contribution in [2.75, 3.05) is 0 Å². The van der Waals surface area contributed by atoms with Gasteiger partial charge < -0.3 is 15.4 Å². The van der Waals surface area contributed by atoms with E-state index in [2.05, 4.69) is 20.3 Å². The van der Waals surface area contributed by atoms with Crippen molar-refractivity contribution in [3.8, 4) is 17.3 Å². The van der Waals surface area contributed by atoms with Gasteiger partial charge in [0.15, 0.2) is 11.5 Å². The van der Waals surface area contributed by atoms with Gasteiger partial charge in [0.05, 0.1) is 0 Å². The van der Waals surface area contributed by atoms with Crippen LogP contribution >= 0.6 is 0 Å². The second kappa shape index (κ2) is 7.68. The standard InChI is InChI=1S/C19H24N4O3/c1-11-7-6-10-14(20-11)17-22-15(16(24)19(26)23-17)18(25)21-12(2)13-8-4-3-5-9-13/h6-7,10,12-13,24H,3-5,8-9H2,1-2H3,(H,21,25)(H,22,23,26)/t12-/m1/s1. The zero-order valence-corrected chi connectivity index (χ0v) is 15.1. The molecular formula is C19H24N4O3. The van der Waals surface area contributed by atoms with E-state index in [1.807, 2.05) is 19.9 Å². The molecular weight excluding hydrogens is 332 g/mol. The van der Waals surface area contributed by atoms with E-state index < -0.39 is 17.2 Å². The van der Waals surface area contributed by atoms with Gasteiger partial charge in [-0.2, -0.15) is 0 Å². The highest BCUT2D eigenvalue weighted by Gasteiger charge is 2.25. The lowest BCUT2D eigenvalue weighted by Gasteiger charge is -2.28. The molecule has 3 N–H and O–H groups in total. The number of nitrogens with one attached hydrogen (secondary N) is 2. The molecule has 1 aliphatic carbocycles. The molecule has 7 heteroatoms. The Hall–Kier alpha value is -2.70. The highest BCUT2D eigenvalue weighted by Crippen LogP contribution is 2.26. The molecule has 1 fully saturated rings. The lowest BCUT2D eigenvalue weighted by Crippen LogP contribution is -2.39. The monoisotopic (exact) mass is 356 g/mol. The van der Waals surface area contributed by atoms with Gasteiger partial charge in [0.2, 0.25) is 5.75 Å². The van der Waals surface area contributed by atoms with Crippen molar-refractivity contribution in [2.24, 2.45) is 5.92 Å². The van der Waals surface area contributed by atoms with Crippen LogP contribution in [0.1, 0.15) is 55.2 Å². The third-order valence-electron chi connectivity index (χ3n) is 4.96. The summed E-state index contributed by atoms with van der Waals surface area (Å²) in [5, 5.41) is 12.9. The summed E-state index contributed by atoms with van der Waals surface area (Å²) in [4.78, 5) is 35.6. The number of nitrogens with zero attached hydrogens (tertiary/aromatic N) is 2. The minimum absolute atomic E-state index is 0.0381. The number of aromatic hydroxyl groups is 1. The number of pyridine rings is 1. The van der Waals surface area contributed by atoms with Crippen molar-refractivity contribution in [3.63, 3.8) is 0 Å². The van der Waals surface area contributed by atoms with Gasteiger partial charge in [-0.1, -0.05) is 25.3 Å². The Morgan fingerprint density at radius 2 is 2.00 bits per heavy atom. The minimum atomic E-state index is -0.756. The highest BCUT2D eigenvalue weighted by molar-refractivity contribution is 5.95. The smallest absolute Gasteiger partial charge is 0.294 e. The highest BCUT2D eigenvalue weighted by atomic mass is 16.3. The van der Waals surface area contributed by atoms with Gasteiger partial charge in [0.1, 0.15) is 5.69 Å². The number of aromatic amines is 1. The quantitative estimate of drug-likeness (QED) is 0.780. The first kappa shape index (κ1) is 18.1. The van der Waals surface area contributed by atoms with Gasteiger partial charge in [-0.25, -0.2) is 9.97 Å². The molecule has 2 aromatic rings. The van der Waals surface area contributed by atoms with Gasteiger partial charge in [0.25, 0.3) is 11.5 Å². The van der Waals surface area contributed by atoms with Gasteiger partial charge in [-0.15, -0.1) is 0 Å². The number of amides is 1. The predicted octanol–water partition coefficient (Wildman–Crippen LogP) is 2.54. The maximum Gasteiger partial charge on any atom is 0.294 e. The summed E-state index contributed by atoms with van der Waals surface area (Å²) < 4.78 is 0. The molecule has 0 radical (unpaired) electrons. The zero-order valence-electron chi connectivity index (χ0n) is 15.1. The molecule has 1 amide bonds. The van der Waals surface area contributed by atoms with Crippen LogP contribution in [0.5, 0.6) is 5.75 Å². The van der Waals surface area contributed by atoms with Gasteiger partial charge in [0, 0.05) is 11.7 Å². The SMILES string of the molecule is Cc1cccc(-c2nc(C(=O)N[C@H](C)C3CCCCC3)c(O)c(=O)[nH]2)n1. The van der Waals surface area contributed by atoms with Crippen molar-refractivity contribution in [1.29, 1.82) is 0 Å². The Morgan fingerprint density at radius 1 is 1.27 bits per heavy atom. The molecule has 3 rings (SSSR count). The Labute approximate surface area is 151 Å². The maximum absolute atomic E-state index is 12.6. The number of aryl methyl sites for hydroxylation is 1. The summed E-state index contributed by atoms with van der Waals surface area (Å²) in [6.07, 6.45) is 5.73. The third-order valence-corrected chi connectivity index (χ3v) is 4.96. The van der Waals surface area contributed by atoms with Crippen LogP contribution in [0.3, 0.4) is 0 Å². The minimum Gasteiger partial charge on any atom is -0.501 e. The summed E-state index contributed by atoms with van der Waals surface area (Å²) >= 11 is 0. The van der Waals surface area contributed by atoms with Crippen LogP contribution in [-0.4, -0.2) is 32.0 Å². The normalized spacial score (nSPS) is 16.2. The molecule has 138 valence electrons. The number of rotatable bonds is 4. The van der Waals surface area contributed by atoms with Crippen LogP contribution in [0.25, 0.3) is 11.5 Å². The maximum atomic E-state index is 12.6. The summed E-state index contributed by atoms with van der Waals surface area (Å²) in [5.41, 5.74) is 0.176. The summed E-state index contributed by atoms with van der Waals surface area (Å²) in [7, 11) is 0. The molecule has 7 nitrogen and oxygen atoms in total. The first-order valence-corrected chi connectivity index (χ1v) is 9.04. The van der Waals surface area contributed by atoms with E-state index in [0.29, 0.717) is 11.6 Å². The van der Waals surface area contributed by atoms with Crippen LogP contribution in [0.4, 0.5) is 0 Å². The summed E-state index contributed by atoms with van der Waals surface area (Å²) in [6, 6.07) is 5.26. The number of aromatic nitrogens is 3. The van der Waals surface area contributed by atoms with Crippen LogP contribution < -0.4 is 10.9 Å². The molecule has 1 atom stereocenters. The third kappa shape index (κ3) is 3.92. The largest absolute Gasteiger partial charge is 0.501 e. The van der Waals surface area contributed by atoms with Gasteiger partial charge in [-0.05, 0) is 44.7 Å². The average Bonchev–Trinajstić information content (AvgIpc) is 2.64. The fraction of sp³-hybridized carbons (Fsp3) is 0.474. The molecule has 0 bridgehead atoms. The van der Waals surface area contributed by atoms with E-state index in [1.54, 1.807) is 12.1 Å². The van der Waals surface area contributed by atoms with Gasteiger partial charge in [-0.3, -0.25) is 9.59 Å². The molecule has 0 saturated heterocycles. The first-order chi connectivity index (χ1) is 12.5. The van der Waals surface area contributed by atoms with E-state index in [9.17, 15) is 14.7 Å². The Balaban J connectivity index is 1.86. The Morgan fingerprint density at radius 3 is 2.69 bits per heavy atom. The fourth-order valence-corrected chi connectivity index (χ4v) is 3.45. The number of hydrogen-bond acceptors (Lipinski definition) is 5. The topological polar surface area (TPSA) is 108 Å². The zero-order chi connectivity index (χ0) is 18.7. The molecule has 0 aliphatic heterocycles. The number of hydrogen-bond donors (Lipinski definition) is 3. The van der Waals surface area contributed by atoms with Crippen LogP contribution in [0.2, 0.25) is 0 Å². The second-order valence-electron chi connectivity index (χ2n) is 6.94. The van der Waals surface area contributed by atoms with E-state index in [0.717, 1.165) is 18.5 Å². The number of carbonyl (C=O) groups is 1. The van der Waals surface area contributed by atoms with E-state index in [4.69, 9.17) is 0 Å². The molecule has 0 aromatic carbocycles. The van der Waals surface area contributed by atoms with Crippen molar-refractivity contribution in [1.82, 2.24) is 20.3 Å². The summed E-state index contributed by atoms with van der Waals surface area (Å²) in [5.74, 6) is -0.642. The van der Waals surface area contributed by atoms with Crippen LogP contribution in [0.15, 0.2) is 23.0 Å². The van der Waals surface area contributed by atoms with Crippen molar-refractivity contribution >= 4 is 5.91 Å². The van der Waals surface area contributed by atoms with E-state index in [-0.39, 0.29) is 17.6 Å². The fourth-order valence-electron chi connectivity index (χ4n) is 3.45. The molecule has 1 saturated carbocycles. The average molecular weight is 356 g/mol. The molecule has 2 aromatic heterocycles. The van der Waals surface area contributed by atoms with Crippen molar-refractivity contribution in [3.05, 3.63) is 39.9 Å². The van der Waals surface area contributed by atoms with E-state index >= 15 is 0 Å². The van der Waals surface area contributed by atoms with Crippen molar-refractivity contribution < 1.29 is 9.90 Å². The molecule has 0 spiro atoms. The number of H-pyrrole nitrogens is 1. The number of carbonyl (C=O) groups excluding carboxylic acids is 1. The first-order valence-electron chi connectivity index (χ1n) is 9.04. The van der Waals surface area contributed by atoms with Crippen LogP contribution in [-0.2, 0) is 0 Å². The van der Waals surface area contributed by atoms with Crippen LogP contribution in [0, 0.1) is 12.8 Å². The van der Waals surface area contributed by atoms with Gasteiger partial charge >= 0.3 is 0 Å².